The largest absolute Gasteiger partial charge is 0.474 e. The zero-order valence-electron chi connectivity index (χ0n) is 8.23. The fourth-order valence-corrected chi connectivity index (χ4v) is 2.00. The first kappa shape index (κ1) is 9.46. The summed E-state index contributed by atoms with van der Waals surface area (Å²) in [5, 5.41) is 0. The van der Waals surface area contributed by atoms with E-state index in [9.17, 15) is 0 Å². The van der Waals surface area contributed by atoms with Gasteiger partial charge in [0, 0.05) is 18.2 Å². The van der Waals surface area contributed by atoms with Crippen molar-refractivity contribution < 1.29 is 4.74 Å². The Kier molecular flexibility index (Phi) is 2.99. The van der Waals surface area contributed by atoms with Crippen molar-refractivity contribution in [3.63, 3.8) is 0 Å². The topological polar surface area (TPSA) is 48.1 Å². The molecule has 0 saturated heterocycles. The molecule has 1 fully saturated rings. The van der Waals surface area contributed by atoms with E-state index in [4.69, 9.17) is 10.5 Å². The van der Waals surface area contributed by atoms with Gasteiger partial charge in [0.05, 0.1) is 0 Å². The minimum absolute atomic E-state index is 0.273. The Morgan fingerprint density at radius 2 is 2.36 bits per heavy atom. The Labute approximate surface area is 84.3 Å². The van der Waals surface area contributed by atoms with Crippen LogP contribution in [-0.4, -0.2) is 17.6 Å². The van der Waals surface area contributed by atoms with E-state index < -0.39 is 0 Å². The molecule has 1 aromatic rings. The van der Waals surface area contributed by atoms with Crippen LogP contribution >= 0.6 is 0 Å². The van der Waals surface area contributed by atoms with Crippen LogP contribution in [0.25, 0.3) is 0 Å². The normalized spacial score (nSPS) is 26.4. The summed E-state index contributed by atoms with van der Waals surface area (Å²) >= 11 is 0. The second-order valence-corrected chi connectivity index (χ2v) is 3.75. The highest BCUT2D eigenvalue weighted by molar-refractivity contribution is 5.10. The average molecular weight is 192 g/mol. The molecule has 3 heteroatoms. The van der Waals surface area contributed by atoms with Crippen molar-refractivity contribution >= 4 is 0 Å². The lowest BCUT2D eigenvalue weighted by molar-refractivity contribution is 0.155. The summed E-state index contributed by atoms with van der Waals surface area (Å²) in [4.78, 5) is 4.15. The first-order valence-electron chi connectivity index (χ1n) is 5.18. The van der Waals surface area contributed by atoms with Crippen LogP contribution in [0.2, 0.25) is 0 Å². The second-order valence-electron chi connectivity index (χ2n) is 3.75. The number of hydrogen-bond donors (Lipinski definition) is 1. The molecule has 2 rings (SSSR count). The molecule has 1 heterocycles. The van der Waals surface area contributed by atoms with Crippen molar-refractivity contribution in [2.75, 3.05) is 6.54 Å². The minimum atomic E-state index is 0.273. The maximum atomic E-state index is 5.79. The molecule has 0 spiro atoms. The molecule has 1 aliphatic rings. The van der Waals surface area contributed by atoms with Crippen molar-refractivity contribution in [2.45, 2.75) is 25.4 Å². The Balaban J connectivity index is 1.97. The lowest BCUT2D eigenvalue weighted by Crippen LogP contribution is -2.27. The molecule has 0 aliphatic heterocycles. The molecule has 76 valence electrons. The third-order valence-electron chi connectivity index (χ3n) is 2.80. The summed E-state index contributed by atoms with van der Waals surface area (Å²) < 4.78 is 5.79. The molecule has 1 saturated carbocycles. The van der Waals surface area contributed by atoms with E-state index in [1.165, 1.54) is 12.8 Å². The molecule has 1 aromatic heterocycles. The summed E-state index contributed by atoms with van der Waals surface area (Å²) in [6, 6.07) is 5.72. The zero-order chi connectivity index (χ0) is 9.80. The van der Waals surface area contributed by atoms with Crippen LogP contribution in [0, 0.1) is 5.92 Å². The summed E-state index contributed by atoms with van der Waals surface area (Å²) in [6.07, 6.45) is 5.54. The van der Waals surface area contributed by atoms with E-state index in [1.807, 2.05) is 18.2 Å². The van der Waals surface area contributed by atoms with Gasteiger partial charge in [0.2, 0.25) is 5.88 Å². The van der Waals surface area contributed by atoms with Crippen LogP contribution in [0.3, 0.4) is 0 Å². The van der Waals surface area contributed by atoms with Gasteiger partial charge >= 0.3 is 0 Å². The molecule has 0 radical (unpaired) electrons. The van der Waals surface area contributed by atoms with Gasteiger partial charge in [-0.1, -0.05) is 6.07 Å². The van der Waals surface area contributed by atoms with E-state index in [1.54, 1.807) is 6.20 Å². The average Bonchev–Trinajstić information content (AvgIpc) is 2.67. The number of hydrogen-bond acceptors (Lipinski definition) is 3. The van der Waals surface area contributed by atoms with Gasteiger partial charge in [-0.2, -0.15) is 0 Å². The van der Waals surface area contributed by atoms with Crippen molar-refractivity contribution in [1.82, 2.24) is 4.98 Å². The summed E-state index contributed by atoms with van der Waals surface area (Å²) in [6.45, 7) is 0.720. The van der Waals surface area contributed by atoms with E-state index in [0.717, 1.165) is 18.8 Å². The molecular formula is C11H16N2O. The Hall–Kier alpha value is -1.09. The van der Waals surface area contributed by atoms with Gasteiger partial charge in [0.25, 0.3) is 0 Å². The fourth-order valence-electron chi connectivity index (χ4n) is 2.00. The van der Waals surface area contributed by atoms with Crippen molar-refractivity contribution in [3.05, 3.63) is 24.4 Å². The lowest BCUT2D eigenvalue weighted by atomic mass is 10.1. The number of ether oxygens (including phenoxy) is 1. The molecule has 2 unspecified atom stereocenters. The third-order valence-corrected chi connectivity index (χ3v) is 2.80. The standard InChI is InChI=1S/C11H16N2O/c12-8-9-4-3-5-10(9)14-11-6-1-2-7-13-11/h1-2,6-7,9-10H,3-5,8,12H2. The van der Waals surface area contributed by atoms with Crippen LogP contribution < -0.4 is 10.5 Å². The highest BCUT2D eigenvalue weighted by Gasteiger charge is 2.27. The van der Waals surface area contributed by atoms with E-state index in [0.29, 0.717) is 5.92 Å². The van der Waals surface area contributed by atoms with Crippen molar-refractivity contribution in [3.8, 4) is 5.88 Å². The summed E-state index contributed by atoms with van der Waals surface area (Å²) in [5.74, 6) is 1.23. The maximum absolute atomic E-state index is 5.79. The molecule has 2 N–H and O–H groups in total. The van der Waals surface area contributed by atoms with Gasteiger partial charge in [-0.15, -0.1) is 0 Å². The lowest BCUT2D eigenvalue weighted by Gasteiger charge is -2.18. The summed E-state index contributed by atoms with van der Waals surface area (Å²) in [7, 11) is 0. The number of pyridine rings is 1. The monoisotopic (exact) mass is 192 g/mol. The second kappa shape index (κ2) is 4.42. The molecule has 0 aromatic carbocycles. The van der Waals surface area contributed by atoms with Gasteiger partial charge in [-0.3, -0.25) is 0 Å². The van der Waals surface area contributed by atoms with Gasteiger partial charge in [0.15, 0.2) is 0 Å². The zero-order valence-corrected chi connectivity index (χ0v) is 8.23. The minimum Gasteiger partial charge on any atom is -0.474 e. The van der Waals surface area contributed by atoms with E-state index >= 15 is 0 Å². The molecular weight excluding hydrogens is 176 g/mol. The number of nitrogens with zero attached hydrogens (tertiary/aromatic N) is 1. The van der Waals surface area contributed by atoms with E-state index in [2.05, 4.69) is 4.98 Å². The van der Waals surface area contributed by atoms with Crippen LogP contribution in [0.4, 0.5) is 0 Å². The summed E-state index contributed by atoms with van der Waals surface area (Å²) in [5.41, 5.74) is 5.68. The Bertz CT molecular complexity index is 276. The predicted molar refractivity (Wildman–Crippen MR) is 55.0 cm³/mol. The van der Waals surface area contributed by atoms with Crippen LogP contribution in [0.1, 0.15) is 19.3 Å². The van der Waals surface area contributed by atoms with Crippen LogP contribution in [0.15, 0.2) is 24.4 Å². The first-order chi connectivity index (χ1) is 6.90. The SMILES string of the molecule is NCC1CCCC1Oc1ccccn1. The Morgan fingerprint density at radius 3 is 3.07 bits per heavy atom. The van der Waals surface area contributed by atoms with Crippen LogP contribution in [0.5, 0.6) is 5.88 Å². The highest BCUT2D eigenvalue weighted by atomic mass is 16.5. The molecule has 1 aliphatic carbocycles. The van der Waals surface area contributed by atoms with Gasteiger partial charge in [-0.25, -0.2) is 4.98 Å². The Morgan fingerprint density at radius 1 is 1.43 bits per heavy atom. The van der Waals surface area contributed by atoms with Gasteiger partial charge in [-0.05, 0) is 31.9 Å². The fraction of sp³-hybridized carbons (Fsp3) is 0.545. The van der Waals surface area contributed by atoms with E-state index in [-0.39, 0.29) is 6.10 Å². The highest BCUT2D eigenvalue weighted by Crippen LogP contribution is 2.28. The molecule has 0 bridgehead atoms. The first-order valence-corrected chi connectivity index (χ1v) is 5.18. The maximum Gasteiger partial charge on any atom is 0.213 e. The number of aromatic nitrogens is 1. The van der Waals surface area contributed by atoms with Crippen molar-refractivity contribution in [1.29, 1.82) is 0 Å². The smallest absolute Gasteiger partial charge is 0.213 e. The number of nitrogens with two attached hydrogens (primary N) is 1. The number of rotatable bonds is 3. The quantitative estimate of drug-likeness (QED) is 0.791. The molecule has 3 nitrogen and oxygen atoms in total. The molecule has 0 amide bonds. The van der Waals surface area contributed by atoms with Gasteiger partial charge < -0.3 is 10.5 Å². The molecule has 2 atom stereocenters. The third kappa shape index (κ3) is 2.04. The predicted octanol–water partition coefficient (Wildman–Crippen LogP) is 1.59. The van der Waals surface area contributed by atoms with Crippen LogP contribution in [-0.2, 0) is 0 Å². The van der Waals surface area contributed by atoms with Gasteiger partial charge in [0.1, 0.15) is 6.10 Å². The van der Waals surface area contributed by atoms with Crippen molar-refractivity contribution in [2.24, 2.45) is 11.7 Å². The molecule has 14 heavy (non-hydrogen) atoms.